The van der Waals surface area contributed by atoms with Gasteiger partial charge in [-0.2, -0.15) is 0 Å². The SMILES string of the molecule is CC(C)C1=CN(CCCCC(=O)O)C(=O)CC1(C)c1ccc(OCC(C)(C)C)c(Cl)c1. The van der Waals surface area contributed by atoms with Gasteiger partial charge >= 0.3 is 5.97 Å². The normalized spacial score (nSPS) is 19.5. The van der Waals surface area contributed by atoms with Gasteiger partial charge in [-0.25, -0.2) is 0 Å². The van der Waals surface area contributed by atoms with Gasteiger partial charge < -0.3 is 14.7 Å². The van der Waals surface area contributed by atoms with Gasteiger partial charge in [-0.1, -0.05) is 59.2 Å². The van der Waals surface area contributed by atoms with Crippen molar-refractivity contribution >= 4 is 23.5 Å². The number of unbranched alkanes of at least 4 members (excludes halogenated alkanes) is 1. The van der Waals surface area contributed by atoms with Crippen molar-refractivity contribution in [3.63, 3.8) is 0 Å². The minimum Gasteiger partial charge on any atom is -0.491 e. The van der Waals surface area contributed by atoms with E-state index in [-0.39, 0.29) is 23.7 Å². The van der Waals surface area contributed by atoms with E-state index in [0.717, 1.165) is 5.56 Å². The summed E-state index contributed by atoms with van der Waals surface area (Å²) in [6, 6.07) is 5.83. The summed E-state index contributed by atoms with van der Waals surface area (Å²) in [5.41, 5.74) is 1.75. The average Bonchev–Trinajstić information content (AvgIpc) is 2.64. The number of aliphatic carboxylic acids is 1. The molecule has 1 aromatic rings. The van der Waals surface area contributed by atoms with Crippen LogP contribution in [0.2, 0.25) is 5.02 Å². The molecule has 0 aromatic heterocycles. The number of carbonyl (C=O) groups excluding carboxylic acids is 1. The fourth-order valence-corrected chi connectivity index (χ4v) is 4.18. The van der Waals surface area contributed by atoms with E-state index in [1.54, 1.807) is 4.90 Å². The molecule has 31 heavy (non-hydrogen) atoms. The minimum atomic E-state index is -0.803. The highest BCUT2D eigenvalue weighted by molar-refractivity contribution is 6.32. The third-order valence-electron chi connectivity index (χ3n) is 5.65. The fraction of sp³-hybridized carbons (Fsp3) is 0.600. The zero-order valence-electron chi connectivity index (χ0n) is 19.6. The third-order valence-corrected chi connectivity index (χ3v) is 5.94. The van der Waals surface area contributed by atoms with Crippen LogP contribution in [0.25, 0.3) is 0 Å². The Bertz CT molecular complexity index is 840. The highest BCUT2D eigenvalue weighted by Gasteiger charge is 2.40. The summed E-state index contributed by atoms with van der Waals surface area (Å²) in [4.78, 5) is 25.4. The lowest BCUT2D eigenvalue weighted by Crippen LogP contribution is -2.42. The Balaban J connectivity index is 2.26. The van der Waals surface area contributed by atoms with Crippen LogP contribution in [-0.2, 0) is 15.0 Å². The van der Waals surface area contributed by atoms with Crippen LogP contribution in [0, 0.1) is 11.3 Å². The smallest absolute Gasteiger partial charge is 0.303 e. The van der Waals surface area contributed by atoms with Crippen molar-refractivity contribution in [3.05, 3.63) is 40.6 Å². The number of halogens is 1. The number of carbonyl (C=O) groups is 2. The molecule has 1 atom stereocenters. The number of carboxylic acid groups (broad SMARTS) is 1. The van der Waals surface area contributed by atoms with Crippen molar-refractivity contribution in [1.29, 1.82) is 0 Å². The van der Waals surface area contributed by atoms with Gasteiger partial charge in [0, 0.05) is 31.0 Å². The number of amides is 1. The molecular formula is C25H36ClNO4. The van der Waals surface area contributed by atoms with E-state index in [1.807, 2.05) is 24.4 Å². The zero-order chi connectivity index (χ0) is 23.4. The molecule has 6 heteroatoms. The molecule has 0 saturated heterocycles. The molecule has 1 heterocycles. The predicted octanol–water partition coefficient (Wildman–Crippen LogP) is 6.05. The molecule has 0 aliphatic carbocycles. The van der Waals surface area contributed by atoms with Crippen LogP contribution in [0.15, 0.2) is 30.0 Å². The second kappa shape index (κ2) is 10.1. The molecule has 1 aromatic carbocycles. The van der Waals surface area contributed by atoms with Crippen molar-refractivity contribution in [1.82, 2.24) is 4.90 Å². The lowest BCUT2D eigenvalue weighted by molar-refractivity contribution is -0.137. The highest BCUT2D eigenvalue weighted by atomic mass is 35.5. The number of hydrogen-bond acceptors (Lipinski definition) is 3. The van der Waals surface area contributed by atoms with Crippen LogP contribution in [0.1, 0.15) is 72.8 Å². The molecule has 1 aliphatic heterocycles. The summed E-state index contributed by atoms with van der Waals surface area (Å²) in [5.74, 6) is 0.144. The Hall–Kier alpha value is -2.01. The van der Waals surface area contributed by atoms with Crippen molar-refractivity contribution in [2.75, 3.05) is 13.2 Å². The summed E-state index contributed by atoms with van der Waals surface area (Å²) in [7, 11) is 0. The maximum Gasteiger partial charge on any atom is 0.303 e. The quantitative estimate of drug-likeness (QED) is 0.466. The molecule has 172 valence electrons. The Morgan fingerprint density at radius 1 is 1.29 bits per heavy atom. The summed E-state index contributed by atoms with van der Waals surface area (Å²) < 4.78 is 5.90. The van der Waals surface area contributed by atoms with Crippen LogP contribution in [0.4, 0.5) is 0 Å². The Kier molecular flexibility index (Phi) is 8.21. The minimum absolute atomic E-state index is 0.0330. The molecule has 0 bridgehead atoms. The molecule has 5 nitrogen and oxygen atoms in total. The molecule has 0 saturated carbocycles. The van der Waals surface area contributed by atoms with Gasteiger partial charge in [0.2, 0.25) is 5.91 Å². The summed E-state index contributed by atoms with van der Waals surface area (Å²) in [6.07, 6.45) is 3.68. The summed E-state index contributed by atoms with van der Waals surface area (Å²) >= 11 is 6.55. The van der Waals surface area contributed by atoms with Gasteiger partial charge in [0.25, 0.3) is 0 Å². The monoisotopic (exact) mass is 449 g/mol. The van der Waals surface area contributed by atoms with Crippen molar-refractivity contribution < 1.29 is 19.4 Å². The fourth-order valence-electron chi connectivity index (χ4n) is 3.95. The lowest BCUT2D eigenvalue weighted by atomic mass is 9.68. The van der Waals surface area contributed by atoms with E-state index in [9.17, 15) is 9.59 Å². The van der Waals surface area contributed by atoms with Gasteiger partial charge in [0.1, 0.15) is 5.75 Å². The van der Waals surface area contributed by atoms with Crippen LogP contribution in [-0.4, -0.2) is 35.0 Å². The van der Waals surface area contributed by atoms with E-state index >= 15 is 0 Å². The first-order chi connectivity index (χ1) is 14.3. The molecule has 1 N–H and O–H groups in total. The van der Waals surface area contributed by atoms with Crippen LogP contribution < -0.4 is 4.74 Å². The number of rotatable bonds is 9. The molecule has 0 fully saturated rings. The molecule has 2 rings (SSSR count). The first kappa shape index (κ1) is 25.3. The molecule has 1 amide bonds. The van der Waals surface area contributed by atoms with Crippen molar-refractivity contribution in [3.8, 4) is 5.75 Å². The van der Waals surface area contributed by atoms with E-state index < -0.39 is 11.4 Å². The van der Waals surface area contributed by atoms with Crippen LogP contribution in [0.3, 0.4) is 0 Å². The number of benzene rings is 1. The number of ether oxygens (including phenoxy) is 1. The zero-order valence-corrected chi connectivity index (χ0v) is 20.4. The number of nitrogens with zero attached hydrogens (tertiary/aromatic N) is 1. The number of hydrogen-bond donors (Lipinski definition) is 1. The molecule has 1 unspecified atom stereocenters. The first-order valence-corrected chi connectivity index (χ1v) is 11.4. The average molecular weight is 450 g/mol. The van der Waals surface area contributed by atoms with E-state index in [2.05, 4.69) is 41.5 Å². The van der Waals surface area contributed by atoms with Crippen molar-refractivity contribution in [2.45, 2.75) is 72.6 Å². The van der Waals surface area contributed by atoms with Gasteiger partial charge in [0.15, 0.2) is 0 Å². The maximum atomic E-state index is 13.0. The lowest BCUT2D eigenvalue weighted by Gasteiger charge is -2.41. The topological polar surface area (TPSA) is 66.8 Å². The van der Waals surface area contributed by atoms with E-state index in [4.69, 9.17) is 21.4 Å². The van der Waals surface area contributed by atoms with E-state index in [1.165, 1.54) is 5.57 Å². The number of allylic oxidation sites excluding steroid dienone is 1. The van der Waals surface area contributed by atoms with Crippen LogP contribution >= 0.6 is 11.6 Å². The molecule has 1 aliphatic rings. The van der Waals surface area contributed by atoms with Gasteiger partial charge in [-0.15, -0.1) is 0 Å². The predicted molar refractivity (Wildman–Crippen MR) is 124 cm³/mol. The van der Waals surface area contributed by atoms with Gasteiger partial charge in [0.05, 0.1) is 11.6 Å². The Labute approximate surface area is 191 Å². The van der Waals surface area contributed by atoms with E-state index in [0.29, 0.717) is 43.2 Å². The van der Waals surface area contributed by atoms with Crippen LogP contribution in [0.5, 0.6) is 5.75 Å². The Morgan fingerprint density at radius 3 is 2.52 bits per heavy atom. The Morgan fingerprint density at radius 2 is 1.97 bits per heavy atom. The molecule has 0 spiro atoms. The highest BCUT2D eigenvalue weighted by Crippen LogP contribution is 2.44. The maximum absolute atomic E-state index is 13.0. The summed E-state index contributed by atoms with van der Waals surface area (Å²) in [5, 5.41) is 9.37. The standard InChI is InChI=1S/C25H36ClNO4/c1-17(2)19-15-27(12-8-7-9-23(29)30)22(28)14-25(19,6)18-10-11-21(20(26)13-18)31-16-24(3,4)5/h10-11,13,15,17H,7-9,12,14,16H2,1-6H3,(H,29,30). The first-order valence-electron chi connectivity index (χ1n) is 11.0. The summed E-state index contributed by atoms with van der Waals surface area (Å²) in [6.45, 7) is 13.8. The van der Waals surface area contributed by atoms with Gasteiger partial charge in [-0.05, 0) is 47.4 Å². The van der Waals surface area contributed by atoms with Gasteiger partial charge in [-0.3, -0.25) is 9.59 Å². The van der Waals surface area contributed by atoms with Crippen molar-refractivity contribution in [2.24, 2.45) is 11.3 Å². The number of carboxylic acids is 1. The second-order valence-electron chi connectivity index (χ2n) is 10.2. The second-order valence-corrected chi connectivity index (χ2v) is 10.6. The third kappa shape index (κ3) is 6.73. The largest absolute Gasteiger partial charge is 0.491 e. The molecular weight excluding hydrogens is 414 g/mol. The molecule has 0 radical (unpaired) electrons.